The summed E-state index contributed by atoms with van der Waals surface area (Å²) in [4.78, 5) is 0. The fourth-order valence-corrected chi connectivity index (χ4v) is 2.87. The molecule has 0 aliphatic heterocycles. The first-order chi connectivity index (χ1) is 13.9. The van der Waals surface area contributed by atoms with Gasteiger partial charge in [0, 0.05) is 12.1 Å². The lowest BCUT2D eigenvalue weighted by Gasteiger charge is -2.20. The normalized spacial score (nSPS) is 11.7. The molecule has 0 spiro atoms. The number of aryl methyl sites for hydroxylation is 1. The van der Waals surface area contributed by atoms with Gasteiger partial charge in [-0.1, -0.05) is 11.6 Å². The molecule has 0 heterocycles. The van der Waals surface area contributed by atoms with Gasteiger partial charge in [-0.05, 0) is 42.3 Å². The summed E-state index contributed by atoms with van der Waals surface area (Å²) in [5.74, 6) is -10.1. The molecule has 0 aromatic heterocycles. The summed E-state index contributed by atoms with van der Waals surface area (Å²) in [6.45, 7) is 1.38. The smallest absolute Gasteiger partial charge is 0.429 e. The maximum atomic E-state index is 14.3. The van der Waals surface area contributed by atoms with Gasteiger partial charge < -0.3 is 4.74 Å². The van der Waals surface area contributed by atoms with Crippen molar-refractivity contribution in [2.45, 2.75) is 13.0 Å². The van der Waals surface area contributed by atoms with E-state index in [1.807, 2.05) is 0 Å². The predicted molar refractivity (Wildman–Crippen MR) is 92.3 cm³/mol. The Morgan fingerprint density at radius 3 is 1.63 bits per heavy atom. The van der Waals surface area contributed by atoms with Crippen LogP contribution in [0.3, 0.4) is 0 Å². The zero-order valence-corrected chi connectivity index (χ0v) is 15.5. The minimum absolute atomic E-state index is 0.189. The first kappa shape index (κ1) is 21.9. The number of alkyl halides is 2. The molecule has 0 fully saturated rings. The van der Waals surface area contributed by atoms with Crippen LogP contribution in [0.5, 0.6) is 5.75 Å². The van der Waals surface area contributed by atoms with Crippen LogP contribution >= 0.6 is 11.6 Å². The molecule has 0 unspecified atom stereocenters. The van der Waals surface area contributed by atoms with E-state index in [9.17, 15) is 35.1 Å². The van der Waals surface area contributed by atoms with Crippen LogP contribution in [0.15, 0.2) is 36.4 Å². The minimum atomic E-state index is -4.73. The van der Waals surface area contributed by atoms with Crippen molar-refractivity contribution in [3.05, 3.63) is 87.5 Å². The third-order valence-corrected chi connectivity index (χ3v) is 4.37. The van der Waals surface area contributed by atoms with Gasteiger partial charge in [0.05, 0.1) is 5.56 Å². The number of halogens is 9. The van der Waals surface area contributed by atoms with Crippen molar-refractivity contribution in [3.8, 4) is 16.9 Å². The number of hydrogen-bond donors (Lipinski definition) is 0. The van der Waals surface area contributed by atoms with Gasteiger partial charge in [0.25, 0.3) is 0 Å². The fourth-order valence-electron chi connectivity index (χ4n) is 2.76. The lowest BCUT2D eigenvalue weighted by atomic mass is 10.00. The van der Waals surface area contributed by atoms with Gasteiger partial charge in [-0.15, -0.1) is 0 Å². The summed E-state index contributed by atoms with van der Waals surface area (Å²) in [6.07, 6.45) is -4.73. The maximum Gasteiger partial charge on any atom is 0.432 e. The Hall–Kier alpha value is -2.81. The Balaban J connectivity index is 2.05. The molecule has 0 saturated carbocycles. The topological polar surface area (TPSA) is 9.23 Å². The summed E-state index contributed by atoms with van der Waals surface area (Å²) in [5, 5.41) is -0.991. The number of benzene rings is 3. The molecule has 1 nitrogen and oxygen atoms in total. The molecule has 0 aliphatic carbocycles. The molecule has 158 valence electrons. The van der Waals surface area contributed by atoms with Crippen LogP contribution in [0, 0.1) is 41.8 Å². The third kappa shape index (κ3) is 4.07. The Labute approximate surface area is 169 Å². The van der Waals surface area contributed by atoms with E-state index < -0.39 is 68.5 Å². The van der Waals surface area contributed by atoms with Crippen LogP contribution < -0.4 is 4.74 Å². The molecule has 0 radical (unpaired) electrons. The van der Waals surface area contributed by atoms with E-state index in [1.165, 1.54) is 6.92 Å². The van der Waals surface area contributed by atoms with Crippen molar-refractivity contribution in [2.75, 3.05) is 0 Å². The first-order valence-electron chi connectivity index (χ1n) is 8.07. The summed E-state index contributed by atoms with van der Waals surface area (Å²) in [7, 11) is 0. The van der Waals surface area contributed by atoms with E-state index in [1.54, 1.807) is 0 Å². The van der Waals surface area contributed by atoms with Crippen LogP contribution in [0.25, 0.3) is 11.1 Å². The number of rotatable bonds is 4. The second-order valence-electron chi connectivity index (χ2n) is 6.24. The van der Waals surface area contributed by atoms with E-state index in [2.05, 4.69) is 4.74 Å². The molecule has 3 rings (SSSR count). The first-order valence-corrected chi connectivity index (χ1v) is 8.45. The Morgan fingerprint density at radius 2 is 1.17 bits per heavy atom. The number of ether oxygens (including phenoxy) is 1. The minimum Gasteiger partial charge on any atom is -0.429 e. The second kappa shape index (κ2) is 7.79. The van der Waals surface area contributed by atoms with Crippen molar-refractivity contribution in [1.29, 1.82) is 0 Å². The van der Waals surface area contributed by atoms with Gasteiger partial charge in [-0.2, -0.15) is 8.78 Å². The lowest BCUT2D eigenvalue weighted by Crippen LogP contribution is -2.25. The van der Waals surface area contributed by atoms with Gasteiger partial charge in [-0.3, -0.25) is 0 Å². The van der Waals surface area contributed by atoms with Gasteiger partial charge in [-0.25, -0.2) is 26.3 Å². The average molecular weight is 453 g/mol. The molecule has 10 heteroatoms. The van der Waals surface area contributed by atoms with Crippen molar-refractivity contribution >= 4 is 11.6 Å². The fraction of sp³-hybridized carbons (Fsp3) is 0.100. The van der Waals surface area contributed by atoms with Crippen LogP contribution in [0.4, 0.5) is 35.1 Å². The zero-order valence-electron chi connectivity index (χ0n) is 14.8. The Kier molecular flexibility index (Phi) is 5.68. The lowest BCUT2D eigenvalue weighted by molar-refractivity contribution is -0.189. The van der Waals surface area contributed by atoms with Crippen LogP contribution in [0.1, 0.15) is 11.1 Å². The summed E-state index contributed by atoms with van der Waals surface area (Å²) in [6, 6.07) is 2.94. The summed E-state index contributed by atoms with van der Waals surface area (Å²) < 4.78 is 116. The van der Waals surface area contributed by atoms with E-state index in [4.69, 9.17) is 11.6 Å². The SMILES string of the molecule is Cc1cc(F)c(-c2cc(F)c(C(F)(F)Oc3cc(F)c(Cl)c(F)c3)c(F)c2)c(F)c1. The molecule has 0 aliphatic rings. The molecular weight excluding hydrogens is 444 g/mol. The molecule has 0 saturated heterocycles. The third-order valence-electron chi connectivity index (χ3n) is 4.01. The predicted octanol–water partition coefficient (Wildman–Crippen LogP) is 7.28. The van der Waals surface area contributed by atoms with Crippen LogP contribution in [-0.4, -0.2) is 0 Å². The highest BCUT2D eigenvalue weighted by atomic mass is 35.5. The van der Waals surface area contributed by atoms with E-state index in [0.29, 0.717) is 12.1 Å². The molecule has 0 atom stereocenters. The van der Waals surface area contributed by atoms with Gasteiger partial charge in [0.2, 0.25) is 0 Å². The van der Waals surface area contributed by atoms with Crippen LogP contribution in [-0.2, 0) is 6.11 Å². The van der Waals surface area contributed by atoms with Crippen LogP contribution in [0.2, 0.25) is 5.02 Å². The highest BCUT2D eigenvalue weighted by Gasteiger charge is 2.41. The van der Waals surface area contributed by atoms with Gasteiger partial charge in [0.15, 0.2) is 0 Å². The van der Waals surface area contributed by atoms with Gasteiger partial charge >= 0.3 is 6.11 Å². The number of hydrogen-bond acceptors (Lipinski definition) is 1. The largest absolute Gasteiger partial charge is 0.432 e. The highest BCUT2D eigenvalue weighted by Crippen LogP contribution is 2.39. The second-order valence-corrected chi connectivity index (χ2v) is 6.62. The summed E-state index contributed by atoms with van der Waals surface area (Å²) >= 11 is 5.22. The molecule has 3 aromatic rings. The molecule has 0 bridgehead atoms. The molecule has 0 N–H and O–H groups in total. The van der Waals surface area contributed by atoms with Crippen molar-refractivity contribution in [3.63, 3.8) is 0 Å². The molecular formula is C20H9ClF8O. The van der Waals surface area contributed by atoms with E-state index >= 15 is 0 Å². The standard InChI is InChI=1S/C20H9ClF8O/c1-8-2-11(22)17(12(23)3-8)9-4-13(24)18(14(25)5-9)20(28,29)30-10-6-15(26)19(21)16(27)7-10/h2-7H,1H3. The quantitative estimate of drug-likeness (QED) is 0.298. The maximum absolute atomic E-state index is 14.3. The van der Waals surface area contributed by atoms with Crippen molar-refractivity contribution in [2.24, 2.45) is 0 Å². The van der Waals surface area contributed by atoms with Crippen molar-refractivity contribution < 1.29 is 39.9 Å². The Bertz CT molecular complexity index is 1080. The monoisotopic (exact) mass is 452 g/mol. The molecule has 3 aromatic carbocycles. The molecule has 30 heavy (non-hydrogen) atoms. The van der Waals surface area contributed by atoms with E-state index in [-0.39, 0.29) is 17.7 Å². The van der Waals surface area contributed by atoms with E-state index in [0.717, 1.165) is 12.1 Å². The van der Waals surface area contributed by atoms with Crippen molar-refractivity contribution in [1.82, 2.24) is 0 Å². The molecule has 0 amide bonds. The highest BCUT2D eigenvalue weighted by molar-refractivity contribution is 6.30. The Morgan fingerprint density at radius 1 is 0.700 bits per heavy atom. The van der Waals surface area contributed by atoms with Gasteiger partial charge in [0.1, 0.15) is 51.2 Å². The average Bonchev–Trinajstić information content (AvgIpc) is 2.57. The zero-order chi connectivity index (χ0) is 22.4. The summed E-state index contributed by atoms with van der Waals surface area (Å²) in [5.41, 5.74) is -3.23.